The molecule has 0 amide bonds. The van der Waals surface area contributed by atoms with Crippen LogP contribution in [0.25, 0.3) is 0 Å². The molecule has 0 radical (unpaired) electrons. The molecule has 0 aliphatic heterocycles. The second-order valence-corrected chi connectivity index (χ2v) is 5.25. The van der Waals surface area contributed by atoms with E-state index in [1.165, 1.54) is 0 Å². The molecular weight excluding hydrogens is 238 g/mol. The molecule has 96 valence electrons. The van der Waals surface area contributed by atoms with Gasteiger partial charge in [0, 0.05) is 11.8 Å². The Balaban J connectivity index is 2.47. The van der Waals surface area contributed by atoms with Gasteiger partial charge in [0.15, 0.2) is 0 Å². The van der Waals surface area contributed by atoms with Gasteiger partial charge in [0.25, 0.3) is 0 Å². The van der Waals surface area contributed by atoms with E-state index >= 15 is 0 Å². The lowest BCUT2D eigenvalue weighted by molar-refractivity contribution is 0.0695. The minimum absolute atomic E-state index is 0.248. The Bertz CT molecular complexity index is 376. The lowest BCUT2D eigenvalue weighted by Crippen LogP contribution is -2.27. The summed E-state index contributed by atoms with van der Waals surface area (Å²) in [4.78, 5) is 10.8. The zero-order valence-electron chi connectivity index (χ0n) is 10.4. The molecule has 5 heteroatoms. The van der Waals surface area contributed by atoms with Gasteiger partial charge in [-0.15, -0.1) is 0 Å². The fourth-order valence-electron chi connectivity index (χ4n) is 1.47. The van der Waals surface area contributed by atoms with Gasteiger partial charge in [-0.3, -0.25) is 0 Å². The number of furan rings is 1. The van der Waals surface area contributed by atoms with Crippen LogP contribution < -0.4 is 5.32 Å². The summed E-state index contributed by atoms with van der Waals surface area (Å²) in [7, 11) is 0. The minimum atomic E-state index is -0.938. The van der Waals surface area contributed by atoms with Gasteiger partial charge in [0.2, 0.25) is 0 Å². The first-order valence-corrected chi connectivity index (χ1v) is 6.83. The van der Waals surface area contributed by atoms with Gasteiger partial charge in [0.05, 0.1) is 6.54 Å². The molecule has 0 bridgehead atoms. The molecule has 1 aromatic rings. The molecule has 1 aromatic heterocycles. The smallest absolute Gasteiger partial charge is 0.339 e. The Morgan fingerprint density at radius 2 is 2.35 bits per heavy atom. The Kier molecular flexibility index (Phi) is 5.58. The molecule has 0 aromatic carbocycles. The number of aromatic carboxylic acids is 1. The van der Waals surface area contributed by atoms with Crippen molar-refractivity contribution in [2.75, 3.05) is 11.5 Å². The molecule has 2 N–H and O–H groups in total. The maximum absolute atomic E-state index is 10.8. The van der Waals surface area contributed by atoms with Gasteiger partial charge < -0.3 is 14.8 Å². The summed E-state index contributed by atoms with van der Waals surface area (Å²) in [5.74, 6) is 2.35. The highest BCUT2D eigenvalue weighted by Crippen LogP contribution is 2.14. The minimum Gasteiger partial charge on any atom is -0.478 e. The van der Waals surface area contributed by atoms with Crippen LogP contribution in [-0.2, 0) is 6.54 Å². The SMILES string of the molecule is CCSCC(C)NCc1cc(C(=O)O)c(C)o1. The molecule has 0 spiro atoms. The number of nitrogens with one attached hydrogen (secondary N) is 1. The van der Waals surface area contributed by atoms with E-state index in [0.29, 0.717) is 24.1 Å². The number of hydrogen-bond acceptors (Lipinski definition) is 4. The van der Waals surface area contributed by atoms with Crippen molar-refractivity contribution in [1.82, 2.24) is 5.32 Å². The highest BCUT2D eigenvalue weighted by Gasteiger charge is 2.13. The molecule has 0 aliphatic rings. The van der Waals surface area contributed by atoms with Crippen LogP contribution in [0.1, 0.15) is 35.7 Å². The van der Waals surface area contributed by atoms with Crippen LogP contribution in [0, 0.1) is 6.92 Å². The molecule has 1 atom stereocenters. The van der Waals surface area contributed by atoms with Gasteiger partial charge >= 0.3 is 5.97 Å². The van der Waals surface area contributed by atoms with Gasteiger partial charge in [-0.05, 0) is 25.7 Å². The first-order valence-electron chi connectivity index (χ1n) is 5.68. The van der Waals surface area contributed by atoms with Gasteiger partial charge in [-0.1, -0.05) is 6.92 Å². The molecule has 1 unspecified atom stereocenters. The van der Waals surface area contributed by atoms with E-state index in [1.807, 2.05) is 11.8 Å². The zero-order valence-corrected chi connectivity index (χ0v) is 11.3. The van der Waals surface area contributed by atoms with E-state index in [2.05, 4.69) is 19.2 Å². The van der Waals surface area contributed by atoms with Crippen molar-refractivity contribution in [3.8, 4) is 0 Å². The van der Waals surface area contributed by atoms with Gasteiger partial charge in [-0.2, -0.15) is 11.8 Å². The predicted octanol–water partition coefficient (Wildman–Crippen LogP) is 2.52. The highest BCUT2D eigenvalue weighted by molar-refractivity contribution is 7.99. The van der Waals surface area contributed by atoms with Gasteiger partial charge in [0.1, 0.15) is 17.1 Å². The third kappa shape index (κ3) is 4.44. The van der Waals surface area contributed by atoms with E-state index in [-0.39, 0.29) is 5.56 Å². The van der Waals surface area contributed by atoms with Crippen molar-refractivity contribution in [1.29, 1.82) is 0 Å². The number of thioether (sulfide) groups is 1. The topological polar surface area (TPSA) is 62.5 Å². The Morgan fingerprint density at radius 1 is 1.65 bits per heavy atom. The quantitative estimate of drug-likeness (QED) is 0.786. The summed E-state index contributed by atoms with van der Waals surface area (Å²) in [6, 6.07) is 1.98. The summed E-state index contributed by atoms with van der Waals surface area (Å²) in [6.07, 6.45) is 0. The van der Waals surface area contributed by atoms with E-state index in [4.69, 9.17) is 9.52 Å². The van der Waals surface area contributed by atoms with E-state index in [9.17, 15) is 4.79 Å². The largest absolute Gasteiger partial charge is 0.478 e. The fraction of sp³-hybridized carbons (Fsp3) is 0.583. The van der Waals surface area contributed by atoms with E-state index in [1.54, 1.807) is 13.0 Å². The number of aryl methyl sites for hydroxylation is 1. The fourth-order valence-corrected chi connectivity index (χ4v) is 2.18. The van der Waals surface area contributed by atoms with Crippen LogP contribution >= 0.6 is 11.8 Å². The molecule has 0 saturated carbocycles. The van der Waals surface area contributed by atoms with Crippen molar-refractivity contribution < 1.29 is 14.3 Å². The maximum Gasteiger partial charge on any atom is 0.339 e. The molecule has 0 fully saturated rings. The molecule has 0 aliphatic carbocycles. The van der Waals surface area contributed by atoms with Crippen LogP contribution in [0.4, 0.5) is 0 Å². The van der Waals surface area contributed by atoms with Crippen molar-refractivity contribution in [3.63, 3.8) is 0 Å². The number of rotatable bonds is 7. The second kappa shape index (κ2) is 6.71. The van der Waals surface area contributed by atoms with E-state index < -0.39 is 5.97 Å². The normalized spacial score (nSPS) is 12.6. The Morgan fingerprint density at radius 3 is 2.88 bits per heavy atom. The standard InChI is InChI=1S/C12H19NO3S/c1-4-17-7-8(2)13-6-10-5-11(12(14)15)9(3)16-10/h5,8,13H,4,6-7H2,1-3H3,(H,14,15). The van der Waals surface area contributed by atoms with Crippen molar-refractivity contribution in [3.05, 3.63) is 23.2 Å². The Labute approximate surface area is 106 Å². The third-order valence-corrected chi connectivity index (χ3v) is 3.54. The number of carboxylic acid groups (broad SMARTS) is 1. The molecule has 1 heterocycles. The van der Waals surface area contributed by atoms with Gasteiger partial charge in [-0.25, -0.2) is 4.79 Å². The van der Waals surface area contributed by atoms with Crippen LogP contribution in [0.3, 0.4) is 0 Å². The van der Waals surface area contributed by atoms with E-state index in [0.717, 1.165) is 11.5 Å². The molecule has 17 heavy (non-hydrogen) atoms. The number of carboxylic acids is 1. The first kappa shape index (κ1) is 14.1. The zero-order chi connectivity index (χ0) is 12.8. The van der Waals surface area contributed by atoms with Crippen molar-refractivity contribution in [2.24, 2.45) is 0 Å². The summed E-state index contributed by atoms with van der Waals surface area (Å²) in [5, 5.41) is 12.2. The maximum atomic E-state index is 10.8. The van der Waals surface area contributed by atoms with Crippen LogP contribution in [0.5, 0.6) is 0 Å². The summed E-state index contributed by atoms with van der Waals surface area (Å²) in [6.45, 7) is 6.48. The van der Waals surface area contributed by atoms with Crippen molar-refractivity contribution in [2.45, 2.75) is 33.4 Å². The molecule has 1 rings (SSSR count). The number of carbonyl (C=O) groups is 1. The second-order valence-electron chi connectivity index (χ2n) is 3.93. The van der Waals surface area contributed by atoms with Crippen LogP contribution in [-0.4, -0.2) is 28.6 Å². The molecule has 4 nitrogen and oxygen atoms in total. The molecule has 0 saturated heterocycles. The van der Waals surface area contributed by atoms with Crippen LogP contribution in [0.15, 0.2) is 10.5 Å². The van der Waals surface area contributed by atoms with Crippen molar-refractivity contribution >= 4 is 17.7 Å². The number of hydrogen-bond donors (Lipinski definition) is 2. The highest BCUT2D eigenvalue weighted by atomic mass is 32.2. The summed E-state index contributed by atoms with van der Waals surface area (Å²) in [5.41, 5.74) is 0.248. The predicted molar refractivity (Wildman–Crippen MR) is 69.7 cm³/mol. The first-order chi connectivity index (χ1) is 8.04. The average Bonchev–Trinajstić information content (AvgIpc) is 2.65. The monoisotopic (exact) mass is 257 g/mol. The Hall–Kier alpha value is -0.940. The summed E-state index contributed by atoms with van der Waals surface area (Å²) < 4.78 is 5.38. The average molecular weight is 257 g/mol. The lowest BCUT2D eigenvalue weighted by atomic mass is 10.2. The molecular formula is C12H19NO3S. The summed E-state index contributed by atoms with van der Waals surface area (Å²) >= 11 is 1.88. The van der Waals surface area contributed by atoms with Crippen LogP contribution in [0.2, 0.25) is 0 Å². The third-order valence-electron chi connectivity index (χ3n) is 2.40. The lowest BCUT2D eigenvalue weighted by Gasteiger charge is -2.11.